The molecule has 1 aliphatic heterocycles. The van der Waals surface area contributed by atoms with Gasteiger partial charge in [-0.3, -0.25) is 0 Å². The molecule has 0 aromatic heterocycles. The molecule has 0 amide bonds. The predicted octanol–water partition coefficient (Wildman–Crippen LogP) is 0.874. The van der Waals surface area contributed by atoms with Crippen LogP contribution in [0.1, 0.15) is 38.5 Å². The van der Waals surface area contributed by atoms with Gasteiger partial charge in [-0.2, -0.15) is 0 Å². The lowest BCUT2D eigenvalue weighted by molar-refractivity contribution is 0.190. The molecule has 1 saturated carbocycles. The second kappa shape index (κ2) is 7.20. The quantitative estimate of drug-likeness (QED) is 0.676. The van der Waals surface area contributed by atoms with Crippen LogP contribution < -0.4 is 5.32 Å². The molecule has 1 aliphatic carbocycles. The zero-order chi connectivity index (χ0) is 14.6. The third kappa shape index (κ3) is 4.98. The first-order valence-electron chi connectivity index (χ1n) is 7.86. The van der Waals surface area contributed by atoms with E-state index in [1.165, 1.54) is 12.8 Å². The lowest BCUT2D eigenvalue weighted by atomic mass is 10.1. The molecule has 20 heavy (non-hydrogen) atoms. The molecule has 1 unspecified atom stereocenters. The number of sulfonamides is 1. The first kappa shape index (κ1) is 16.2. The summed E-state index contributed by atoms with van der Waals surface area (Å²) in [6, 6.07) is 1.09. The molecule has 2 fully saturated rings. The van der Waals surface area contributed by atoms with Crippen molar-refractivity contribution in [2.45, 2.75) is 50.6 Å². The molecule has 0 aromatic carbocycles. The second-order valence-corrected chi connectivity index (χ2v) is 8.46. The smallest absolute Gasteiger partial charge is 0.214 e. The Labute approximate surface area is 123 Å². The van der Waals surface area contributed by atoms with Crippen molar-refractivity contribution in [2.24, 2.45) is 0 Å². The van der Waals surface area contributed by atoms with Gasteiger partial charge in [0.2, 0.25) is 10.0 Å². The Bertz CT molecular complexity index is 393. The van der Waals surface area contributed by atoms with Crippen molar-refractivity contribution >= 4 is 10.0 Å². The highest BCUT2D eigenvalue weighted by molar-refractivity contribution is 7.89. The van der Waals surface area contributed by atoms with Gasteiger partial charge in [0.1, 0.15) is 0 Å². The van der Waals surface area contributed by atoms with Crippen LogP contribution in [0.3, 0.4) is 0 Å². The minimum Gasteiger partial charge on any atom is -0.314 e. The lowest BCUT2D eigenvalue weighted by Gasteiger charge is -2.35. The number of nitrogens with one attached hydrogen (secondary N) is 1. The number of hydrogen-bond acceptors (Lipinski definition) is 4. The number of hydrogen-bond donors (Lipinski definition) is 1. The summed E-state index contributed by atoms with van der Waals surface area (Å²) in [5.41, 5.74) is 0. The van der Waals surface area contributed by atoms with Gasteiger partial charge in [0.25, 0.3) is 0 Å². The molecule has 2 rings (SSSR count). The van der Waals surface area contributed by atoms with Gasteiger partial charge < -0.3 is 10.2 Å². The van der Waals surface area contributed by atoms with Crippen molar-refractivity contribution in [3.8, 4) is 0 Å². The fourth-order valence-electron chi connectivity index (χ4n) is 2.73. The summed E-state index contributed by atoms with van der Waals surface area (Å²) in [5, 5.41) is 3.43. The van der Waals surface area contributed by atoms with Crippen LogP contribution in [0.25, 0.3) is 0 Å². The van der Waals surface area contributed by atoms with Gasteiger partial charge in [-0.25, -0.2) is 12.7 Å². The van der Waals surface area contributed by atoms with Gasteiger partial charge in [-0.05, 0) is 59.2 Å². The van der Waals surface area contributed by atoms with E-state index >= 15 is 0 Å². The van der Waals surface area contributed by atoms with Crippen molar-refractivity contribution in [3.05, 3.63) is 0 Å². The molecule has 0 aromatic rings. The minimum atomic E-state index is -3.06. The number of unbranched alkanes of at least 4 members (excludes halogenated alkanes) is 1. The summed E-state index contributed by atoms with van der Waals surface area (Å²) >= 11 is 0. The molecule has 1 N–H and O–H groups in total. The van der Waals surface area contributed by atoms with E-state index in [1.807, 2.05) is 14.1 Å². The molecule has 0 bridgehead atoms. The molecule has 5 nitrogen and oxygen atoms in total. The summed E-state index contributed by atoms with van der Waals surface area (Å²) in [5.74, 6) is 0.305. The van der Waals surface area contributed by atoms with Crippen LogP contribution in [-0.4, -0.2) is 69.2 Å². The number of rotatable bonds is 8. The molecule has 118 valence electrons. The molecule has 2 aliphatic rings. The predicted molar refractivity (Wildman–Crippen MR) is 82.3 cm³/mol. The maximum absolute atomic E-state index is 12.4. The van der Waals surface area contributed by atoms with Gasteiger partial charge in [0.15, 0.2) is 0 Å². The maximum Gasteiger partial charge on any atom is 0.214 e. The Morgan fingerprint density at radius 1 is 1.20 bits per heavy atom. The molecule has 1 atom stereocenters. The van der Waals surface area contributed by atoms with Crippen molar-refractivity contribution in [3.63, 3.8) is 0 Å². The van der Waals surface area contributed by atoms with E-state index in [2.05, 4.69) is 10.2 Å². The van der Waals surface area contributed by atoms with E-state index in [9.17, 15) is 8.42 Å². The van der Waals surface area contributed by atoms with Crippen LogP contribution in [-0.2, 0) is 10.0 Å². The molecular formula is C14H29N3O2S. The Morgan fingerprint density at radius 3 is 2.60 bits per heavy atom. The fraction of sp³-hybridized carbons (Fsp3) is 1.00. The van der Waals surface area contributed by atoms with Crippen LogP contribution in [0.4, 0.5) is 0 Å². The van der Waals surface area contributed by atoms with Gasteiger partial charge in [0, 0.05) is 25.2 Å². The van der Waals surface area contributed by atoms with Gasteiger partial charge in [-0.15, -0.1) is 0 Å². The summed E-state index contributed by atoms with van der Waals surface area (Å²) in [6.45, 7) is 2.32. The van der Waals surface area contributed by atoms with E-state index in [4.69, 9.17) is 0 Å². The third-order valence-electron chi connectivity index (χ3n) is 4.32. The lowest BCUT2D eigenvalue weighted by Crippen LogP contribution is -2.48. The van der Waals surface area contributed by atoms with Crippen molar-refractivity contribution in [1.29, 1.82) is 0 Å². The Balaban J connectivity index is 1.70. The standard InChI is InChI=1S/C14H29N3O2S/c1-16(2)14-6-5-10-17(12-14)20(18,19)11-4-3-9-15-13-7-8-13/h13-15H,3-12H2,1-2H3. The van der Waals surface area contributed by atoms with Crippen LogP contribution in [0.15, 0.2) is 0 Å². The number of nitrogens with zero attached hydrogens (tertiary/aromatic N) is 2. The van der Waals surface area contributed by atoms with Crippen LogP contribution >= 0.6 is 0 Å². The highest BCUT2D eigenvalue weighted by Crippen LogP contribution is 2.19. The van der Waals surface area contributed by atoms with Gasteiger partial charge in [-0.1, -0.05) is 0 Å². The van der Waals surface area contributed by atoms with Crippen molar-refractivity contribution in [1.82, 2.24) is 14.5 Å². The number of piperidine rings is 1. The van der Waals surface area contributed by atoms with Crippen molar-refractivity contribution in [2.75, 3.05) is 39.5 Å². The summed E-state index contributed by atoms with van der Waals surface area (Å²) in [7, 11) is 1.01. The van der Waals surface area contributed by atoms with Crippen LogP contribution in [0.2, 0.25) is 0 Å². The Morgan fingerprint density at radius 2 is 1.95 bits per heavy atom. The maximum atomic E-state index is 12.4. The molecule has 0 spiro atoms. The summed E-state index contributed by atoms with van der Waals surface area (Å²) in [4.78, 5) is 2.14. The molecule has 1 heterocycles. The molecule has 0 radical (unpaired) electrons. The third-order valence-corrected chi connectivity index (χ3v) is 6.25. The first-order valence-corrected chi connectivity index (χ1v) is 9.47. The molecular weight excluding hydrogens is 274 g/mol. The van der Waals surface area contributed by atoms with Crippen LogP contribution in [0.5, 0.6) is 0 Å². The Kier molecular flexibility index (Phi) is 5.84. The molecule has 6 heteroatoms. The van der Waals surface area contributed by atoms with Gasteiger partial charge >= 0.3 is 0 Å². The SMILES string of the molecule is CN(C)C1CCCN(S(=O)(=O)CCCCNC2CC2)C1. The average molecular weight is 303 g/mol. The fourth-order valence-corrected chi connectivity index (χ4v) is 4.36. The largest absolute Gasteiger partial charge is 0.314 e. The number of likely N-dealkylation sites (N-methyl/N-ethyl adjacent to an activating group) is 1. The monoisotopic (exact) mass is 303 g/mol. The van der Waals surface area contributed by atoms with Crippen molar-refractivity contribution < 1.29 is 8.42 Å². The highest BCUT2D eigenvalue weighted by Gasteiger charge is 2.29. The zero-order valence-corrected chi connectivity index (χ0v) is 13.7. The van der Waals surface area contributed by atoms with E-state index in [1.54, 1.807) is 4.31 Å². The topological polar surface area (TPSA) is 52.7 Å². The normalized spacial score (nSPS) is 25.2. The second-order valence-electron chi connectivity index (χ2n) is 6.37. The van der Waals surface area contributed by atoms with E-state index in [0.717, 1.165) is 38.3 Å². The minimum absolute atomic E-state index is 0.305. The Hall–Kier alpha value is -0.170. The van der Waals surface area contributed by atoms with Crippen LogP contribution in [0, 0.1) is 0 Å². The zero-order valence-electron chi connectivity index (χ0n) is 12.8. The van der Waals surface area contributed by atoms with E-state index in [-0.39, 0.29) is 0 Å². The van der Waals surface area contributed by atoms with Gasteiger partial charge in [0.05, 0.1) is 5.75 Å². The van der Waals surface area contributed by atoms with E-state index < -0.39 is 10.0 Å². The average Bonchev–Trinajstić information content (AvgIpc) is 3.22. The summed E-state index contributed by atoms with van der Waals surface area (Å²) in [6.07, 6.45) is 6.39. The molecule has 1 saturated heterocycles. The highest BCUT2D eigenvalue weighted by atomic mass is 32.2. The first-order chi connectivity index (χ1) is 9.49. The van der Waals surface area contributed by atoms with E-state index in [0.29, 0.717) is 24.9 Å². The summed E-state index contributed by atoms with van der Waals surface area (Å²) < 4.78 is 26.4.